The molecule has 0 amide bonds. The Labute approximate surface area is 161 Å². The summed E-state index contributed by atoms with van der Waals surface area (Å²) in [6, 6.07) is 6.60. The normalized spacial score (nSPS) is 15.1. The molecule has 0 bridgehead atoms. The molecule has 0 spiro atoms. The van der Waals surface area contributed by atoms with Gasteiger partial charge in [0, 0.05) is 43.7 Å². The first-order valence-corrected chi connectivity index (χ1v) is 8.67. The summed E-state index contributed by atoms with van der Waals surface area (Å²) in [5.41, 5.74) is 0.846. The van der Waals surface area contributed by atoms with Crippen LogP contribution in [0.5, 0.6) is 17.2 Å². The molecule has 1 aromatic heterocycles. The molecule has 1 aliphatic heterocycles. The predicted octanol–water partition coefficient (Wildman–Crippen LogP) is 3.21. The summed E-state index contributed by atoms with van der Waals surface area (Å²) in [6.45, 7) is 8.59. The van der Waals surface area contributed by atoms with E-state index in [0.29, 0.717) is 23.3 Å². The molecule has 144 valence electrons. The molecule has 7 heteroatoms. The Bertz CT molecular complexity index is 746. The lowest BCUT2D eigenvalue weighted by atomic mass is 10.1. The first kappa shape index (κ1) is 20.4. The number of rotatable bonds is 5. The number of anilines is 1. The van der Waals surface area contributed by atoms with Crippen molar-refractivity contribution in [2.75, 3.05) is 52.4 Å². The average Bonchev–Trinajstić information content (AvgIpc) is 2.65. The van der Waals surface area contributed by atoms with Gasteiger partial charge in [-0.25, -0.2) is 4.98 Å². The number of piperazine rings is 1. The Morgan fingerprint density at radius 2 is 1.58 bits per heavy atom. The largest absolute Gasteiger partial charge is 0.493 e. The highest BCUT2D eigenvalue weighted by molar-refractivity contribution is 5.91. The van der Waals surface area contributed by atoms with E-state index in [1.54, 1.807) is 21.3 Å². The second-order valence-electron chi connectivity index (χ2n) is 6.50. The molecule has 0 aliphatic carbocycles. The Hall–Kier alpha value is -1.92. The standard InChI is InChI=1S/C19H27N3O3.ClH/c1-13(2)21-8-10-22(11-9-21)17-7-6-14-15(20-17)12-16(23-3)19(25-5)18(14)24-4;/h6-7,12-13H,8-11H2,1-5H3;1H. The molecule has 0 atom stereocenters. The molecule has 1 aliphatic rings. The van der Waals surface area contributed by atoms with Gasteiger partial charge in [0.15, 0.2) is 11.5 Å². The number of aromatic nitrogens is 1. The van der Waals surface area contributed by atoms with Crippen molar-refractivity contribution in [2.45, 2.75) is 19.9 Å². The zero-order valence-corrected chi connectivity index (χ0v) is 16.9. The summed E-state index contributed by atoms with van der Waals surface area (Å²) in [7, 11) is 4.87. The molecule has 0 saturated carbocycles. The highest BCUT2D eigenvalue weighted by Crippen LogP contribution is 2.43. The van der Waals surface area contributed by atoms with E-state index in [1.807, 2.05) is 12.1 Å². The van der Waals surface area contributed by atoms with Crippen LogP contribution in [0.1, 0.15) is 13.8 Å². The SMILES string of the molecule is COc1cc2nc(N3CCN(C(C)C)CC3)ccc2c(OC)c1OC.Cl. The molecule has 0 radical (unpaired) electrons. The summed E-state index contributed by atoms with van der Waals surface area (Å²) in [6.07, 6.45) is 0. The first-order chi connectivity index (χ1) is 12.1. The van der Waals surface area contributed by atoms with Crippen LogP contribution in [0.4, 0.5) is 5.82 Å². The van der Waals surface area contributed by atoms with Crippen molar-refractivity contribution in [3.05, 3.63) is 18.2 Å². The molecular weight excluding hydrogens is 354 g/mol. The monoisotopic (exact) mass is 381 g/mol. The topological polar surface area (TPSA) is 47.1 Å². The van der Waals surface area contributed by atoms with Gasteiger partial charge in [-0.05, 0) is 26.0 Å². The minimum absolute atomic E-state index is 0. The zero-order valence-electron chi connectivity index (χ0n) is 16.1. The number of ether oxygens (including phenoxy) is 3. The Balaban J connectivity index is 0.00000243. The van der Waals surface area contributed by atoms with Crippen molar-refractivity contribution in [2.24, 2.45) is 0 Å². The number of hydrogen-bond donors (Lipinski definition) is 0. The molecule has 0 unspecified atom stereocenters. The van der Waals surface area contributed by atoms with Crippen LogP contribution in [0.3, 0.4) is 0 Å². The van der Waals surface area contributed by atoms with E-state index in [9.17, 15) is 0 Å². The van der Waals surface area contributed by atoms with Crippen LogP contribution < -0.4 is 19.1 Å². The van der Waals surface area contributed by atoms with Crippen LogP contribution >= 0.6 is 12.4 Å². The highest BCUT2D eigenvalue weighted by Gasteiger charge is 2.21. The van der Waals surface area contributed by atoms with E-state index in [0.717, 1.165) is 42.9 Å². The molecule has 6 nitrogen and oxygen atoms in total. The molecule has 0 N–H and O–H groups in total. The van der Waals surface area contributed by atoms with Crippen molar-refractivity contribution in [3.63, 3.8) is 0 Å². The predicted molar refractivity (Wildman–Crippen MR) is 108 cm³/mol. The molecule has 1 saturated heterocycles. The number of halogens is 1. The zero-order chi connectivity index (χ0) is 18.0. The fourth-order valence-corrected chi connectivity index (χ4v) is 3.38. The number of nitrogens with zero attached hydrogens (tertiary/aromatic N) is 3. The quantitative estimate of drug-likeness (QED) is 0.792. The van der Waals surface area contributed by atoms with Gasteiger partial charge in [-0.15, -0.1) is 12.4 Å². The molecule has 2 heterocycles. The second kappa shape index (κ2) is 8.64. The fraction of sp³-hybridized carbons (Fsp3) is 0.526. The van der Waals surface area contributed by atoms with E-state index < -0.39 is 0 Å². The van der Waals surface area contributed by atoms with Crippen LogP contribution in [0.15, 0.2) is 18.2 Å². The van der Waals surface area contributed by atoms with Gasteiger partial charge in [-0.1, -0.05) is 0 Å². The summed E-state index contributed by atoms with van der Waals surface area (Å²) >= 11 is 0. The summed E-state index contributed by atoms with van der Waals surface area (Å²) < 4.78 is 16.5. The van der Waals surface area contributed by atoms with Crippen molar-refractivity contribution >= 4 is 29.1 Å². The number of pyridine rings is 1. The van der Waals surface area contributed by atoms with Crippen LogP contribution in [-0.2, 0) is 0 Å². The summed E-state index contributed by atoms with van der Waals surface area (Å²) in [4.78, 5) is 9.68. The van der Waals surface area contributed by atoms with E-state index in [1.165, 1.54) is 0 Å². The second-order valence-corrected chi connectivity index (χ2v) is 6.50. The maximum absolute atomic E-state index is 5.55. The van der Waals surface area contributed by atoms with Gasteiger partial charge in [0.25, 0.3) is 0 Å². The van der Waals surface area contributed by atoms with Gasteiger partial charge in [0.2, 0.25) is 5.75 Å². The lowest BCUT2D eigenvalue weighted by Gasteiger charge is -2.37. The van der Waals surface area contributed by atoms with Crippen molar-refractivity contribution in [1.29, 1.82) is 0 Å². The van der Waals surface area contributed by atoms with Gasteiger partial charge < -0.3 is 19.1 Å². The maximum atomic E-state index is 5.55. The Morgan fingerprint density at radius 1 is 0.923 bits per heavy atom. The van der Waals surface area contributed by atoms with E-state index >= 15 is 0 Å². The smallest absolute Gasteiger partial charge is 0.204 e. The lowest BCUT2D eigenvalue weighted by molar-refractivity contribution is 0.209. The molecule has 26 heavy (non-hydrogen) atoms. The van der Waals surface area contributed by atoms with E-state index in [4.69, 9.17) is 19.2 Å². The number of benzene rings is 1. The Morgan fingerprint density at radius 3 is 2.12 bits per heavy atom. The Kier molecular flexibility index (Phi) is 6.78. The average molecular weight is 382 g/mol. The van der Waals surface area contributed by atoms with Crippen molar-refractivity contribution < 1.29 is 14.2 Å². The summed E-state index contributed by atoms with van der Waals surface area (Å²) in [5, 5.41) is 0.921. The third-order valence-electron chi connectivity index (χ3n) is 4.85. The van der Waals surface area contributed by atoms with Crippen LogP contribution in [-0.4, -0.2) is 63.4 Å². The lowest BCUT2D eigenvalue weighted by Crippen LogP contribution is -2.49. The van der Waals surface area contributed by atoms with Crippen molar-refractivity contribution in [3.8, 4) is 17.2 Å². The molecular formula is C19H28ClN3O3. The molecule has 1 fully saturated rings. The minimum atomic E-state index is 0. The van der Waals surface area contributed by atoms with Gasteiger partial charge >= 0.3 is 0 Å². The maximum Gasteiger partial charge on any atom is 0.204 e. The van der Waals surface area contributed by atoms with Crippen molar-refractivity contribution in [1.82, 2.24) is 9.88 Å². The number of fused-ring (bicyclic) bond motifs is 1. The first-order valence-electron chi connectivity index (χ1n) is 8.67. The number of hydrogen-bond acceptors (Lipinski definition) is 6. The third-order valence-corrected chi connectivity index (χ3v) is 4.85. The minimum Gasteiger partial charge on any atom is -0.493 e. The van der Waals surface area contributed by atoms with Gasteiger partial charge in [0.05, 0.1) is 26.8 Å². The highest BCUT2D eigenvalue weighted by atomic mass is 35.5. The van der Waals surface area contributed by atoms with Crippen LogP contribution in [0.2, 0.25) is 0 Å². The summed E-state index contributed by atoms with van der Waals surface area (Å²) in [5.74, 6) is 2.87. The van der Waals surface area contributed by atoms with E-state index in [2.05, 4.69) is 29.7 Å². The van der Waals surface area contributed by atoms with Gasteiger partial charge in [0.1, 0.15) is 5.82 Å². The van der Waals surface area contributed by atoms with Crippen LogP contribution in [0, 0.1) is 0 Å². The van der Waals surface area contributed by atoms with E-state index in [-0.39, 0.29) is 12.4 Å². The molecule has 2 aromatic rings. The van der Waals surface area contributed by atoms with Gasteiger partial charge in [-0.2, -0.15) is 0 Å². The fourth-order valence-electron chi connectivity index (χ4n) is 3.38. The third kappa shape index (κ3) is 3.76. The van der Waals surface area contributed by atoms with Gasteiger partial charge in [-0.3, -0.25) is 4.90 Å². The molecule has 1 aromatic carbocycles. The number of methoxy groups -OCH3 is 3. The van der Waals surface area contributed by atoms with Crippen LogP contribution in [0.25, 0.3) is 10.9 Å². The molecule has 3 rings (SSSR count).